The first-order valence-electron chi connectivity index (χ1n) is 7.50. The lowest BCUT2D eigenvalue weighted by molar-refractivity contribution is 0.582. The van der Waals surface area contributed by atoms with Crippen LogP contribution in [0.25, 0.3) is 0 Å². The number of anilines is 2. The Hall–Kier alpha value is -1.87. The van der Waals surface area contributed by atoms with Crippen LogP contribution in [0.1, 0.15) is 37.4 Å². The summed E-state index contributed by atoms with van der Waals surface area (Å²) in [4.78, 5) is 2.11. The smallest absolute Gasteiger partial charge is 0.147 e. The number of hydrogen-bond acceptors (Lipinski definition) is 2. The Labute approximate surface area is 125 Å². The number of halogens is 1. The Bertz CT molecular complexity index is 651. The molecule has 0 amide bonds. The molecule has 0 aromatic heterocycles. The van der Waals surface area contributed by atoms with E-state index in [1.54, 1.807) is 6.07 Å². The van der Waals surface area contributed by atoms with Gasteiger partial charge in [-0.05, 0) is 56.0 Å². The van der Waals surface area contributed by atoms with Gasteiger partial charge in [-0.2, -0.15) is 0 Å². The van der Waals surface area contributed by atoms with Gasteiger partial charge in [0.25, 0.3) is 0 Å². The van der Waals surface area contributed by atoms with Crippen molar-refractivity contribution in [3.63, 3.8) is 0 Å². The maximum Gasteiger partial charge on any atom is 0.147 e. The van der Waals surface area contributed by atoms with Crippen LogP contribution in [0.15, 0.2) is 42.5 Å². The average Bonchev–Trinajstić information content (AvgIpc) is 2.48. The summed E-state index contributed by atoms with van der Waals surface area (Å²) in [5, 5.41) is 0. The zero-order valence-electron chi connectivity index (χ0n) is 12.5. The van der Waals surface area contributed by atoms with E-state index in [9.17, 15) is 4.39 Å². The second-order valence-corrected chi connectivity index (χ2v) is 5.89. The van der Waals surface area contributed by atoms with Crippen molar-refractivity contribution < 1.29 is 4.39 Å². The van der Waals surface area contributed by atoms with Crippen molar-refractivity contribution in [1.82, 2.24) is 0 Å². The molecule has 2 unspecified atom stereocenters. The van der Waals surface area contributed by atoms with Crippen LogP contribution in [0.5, 0.6) is 0 Å². The molecular weight excluding hydrogens is 263 g/mol. The minimum atomic E-state index is -0.201. The lowest BCUT2D eigenvalue weighted by atomic mass is 9.95. The summed E-state index contributed by atoms with van der Waals surface area (Å²) in [6.45, 7) is 4.02. The van der Waals surface area contributed by atoms with Crippen molar-refractivity contribution in [2.45, 2.75) is 38.8 Å². The van der Waals surface area contributed by atoms with Crippen molar-refractivity contribution in [2.24, 2.45) is 5.73 Å². The fourth-order valence-corrected chi connectivity index (χ4v) is 3.06. The molecule has 2 atom stereocenters. The van der Waals surface area contributed by atoms with Gasteiger partial charge in [-0.25, -0.2) is 4.39 Å². The molecule has 0 saturated heterocycles. The molecule has 3 heteroatoms. The molecule has 21 heavy (non-hydrogen) atoms. The van der Waals surface area contributed by atoms with Gasteiger partial charge in [0.05, 0.1) is 5.69 Å². The topological polar surface area (TPSA) is 29.3 Å². The summed E-state index contributed by atoms with van der Waals surface area (Å²) >= 11 is 0. The third-order valence-electron chi connectivity index (χ3n) is 4.28. The monoisotopic (exact) mass is 284 g/mol. The standard InChI is InChI=1S/C18H21FN2/c1-12-7-8-14-5-3-4-6-17(14)21(12)18-10-9-15(13(2)20)11-16(18)19/h3-6,9-13H,7-8,20H2,1-2H3. The van der Waals surface area contributed by atoms with Crippen LogP contribution in [0, 0.1) is 5.82 Å². The molecule has 1 aliphatic rings. The van der Waals surface area contributed by atoms with Gasteiger partial charge in [0.15, 0.2) is 0 Å². The molecule has 3 rings (SSSR count). The van der Waals surface area contributed by atoms with Gasteiger partial charge >= 0.3 is 0 Å². The second-order valence-electron chi connectivity index (χ2n) is 5.89. The first kappa shape index (κ1) is 14.1. The first-order chi connectivity index (χ1) is 10.1. The van der Waals surface area contributed by atoms with Crippen LogP contribution in [0.4, 0.5) is 15.8 Å². The largest absolute Gasteiger partial charge is 0.336 e. The zero-order valence-corrected chi connectivity index (χ0v) is 12.5. The molecule has 0 bridgehead atoms. The van der Waals surface area contributed by atoms with Gasteiger partial charge < -0.3 is 10.6 Å². The zero-order chi connectivity index (χ0) is 15.0. The Morgan fingerprint density at radius 2 is 1.95 bits per heavy atom. The fourth-order valence-electron chi connectivity index (χ4n) is 3.06. The van der Waals surface area contributed by atoms with Crippen LogP contribution in [0.3, 0.4) is 0 Å². The minimum absolute atomic E-state index is 0.153. The van der Waals surface area contributed by atoms with E-state index in [0.717, 1.165) is 24.1 Å². The van der Waals surface area contributed by atoms with E-state index < -0.39 is 0 Å². The quantitative estimate of drug-likeness (QED) is 0.890. The average molecular weight is 284 g/mol. The maximum atomic E-state index is 14.6. The van der Waals surface area contributed by atoms with Gasteiger partial charge in [-0.1, -0.05) is 24.3 Å². The lowest BCUT2D eigenvalue weighted by Crippen LogP contribution is -2.33. The Kier molecular flexibility index (Phi) is 3.68. The lowest BCUT2D eigenvalue weighted by Gasteiger charge is -2.37. The summed E-state index contributed by atoms with van der Waals surface area (Å²) in [5.41, 5.74) is 9.70. The third-order valence-corrected chi connectivity index (χ3v) is 4.28. The molecule has 0 radical (unpaired) electrons. The molecule has 1 aliphatic heterocycles. The number of benzene rings is 2. The van der Waals surface area contributed by atoms with Crippen LogP contribution >= 0.6 is 0 Å². The molecular formula is C18H21FN2. The summed E-state index contributed by atoms with van der Waals surface area (Å²) in [7, 11) is 0. The molecule has 110 valence electrons. The number of para-hydroxylation sites is 1. The molecule has 2 aromatic carbocycles. The molecule has 2 nitrogen and oxygen atoms in total. The van der Waals surface area contributed by atoms with E-state index in [2.05, 4.69) is 24.0 Å². The molecule has 0 saturated carbocycles. The van der Waals surface area contributed by atoms with E-state index in [4.69, 9.17) is 5.73 Å². The Morgan fingerprint density at radius 3 is 2.67 bits per heavy atom. The number of fused-ring (bicyclic) bond motifs is 1. The normalized spacial score (nSPS) is 19.2. The first-order valence-corrected chi connectivity index (χ1v) is 7.50. The van der Waals surface area contributed by atoms with Crippen LogP contribution in [-0.2, 0) is 6.42 Å². The predicted molar refractivity (Wildman–Crippen MR) is 85.4 cm³/mol. The third kappa shape index (κ3) is 2.54. The highest BCUT2D eigenvalue weighted by molar-refractivity contribution is 5.69. The highest BCUT2D eigenvalue weighted by Gasteiger charge is 2.26. The highest BCUT2D eigenvalue weighted by Crippen LogP contribution is 2.38. The molecule has 2 aromatic rings. The number of nitrogens with zero attached hydrogens (tertiary/aromatic N) is 1. The van der Waals surface area contributed by atoms with Gasteiger partial charge in [0.1, 0.15) is 5.82 Å². The van der Waals surface area contributed by atoms with Crippen molar-refractivity contribution in [3.05, 3.63) is 59.4 Å². The van der Waals surface area contributed by atoms with Crippen molar-refractivity contribution in [2.75, 3.05) is 4.90 Å². The molecule has 0 aliphatic carbocycles. The SMILES string of the molecule is CC(N)c1ccc(N2c3ccccc3CCC2C)c(F)c1. The van der Waals surface area contributed by atoms with Gasteiger partial charge in [-0.3, -0.25) is 0 Å². The predicted octanol–water partition coefficient (Wildman–Crippen LogP) is 4.32. The molecule has 2 N–H and O–H groups in total. The summed E-state index contributed by atoms with van der Waals surface area (Å²) < 4.78 is 14.6. The summed E-state index contributed by atoms with van der Waals surface area (Å²) in [6.07, 6.45) is 2.08. The summed E-state index contributed by atoms with van der Waals surface area (Å²) in [5.74, 6) is -0.201. The van der Waals surface area contributed by atoms with Crippen molar-refractivity contribution >= 4 is 11.4 Å². The molecule has 1 heterocycles. The number of nitrogens with two attached hydrogens (primary N) is 1. The van der Waals surface area contributed by atoms with E-state index in [-0.39, 0.29) is 17.9 Å². The Balaban J connectivity index is 2.07. The van der Waals surface area contributed by atoms with Crippen LogP contribution < -0.4 is 10.6 Å². The number of hydrogen-bond donors (Lipinski definition) is 1. The van der Waals surface area contributed by atoms with Crippen LogP contribution in [-0.4, -0.2) is 6.04 Å². The second kappa shape index (κ2) is 5.49. The Morgan fingerprint density at radius 1 is 1.19 bits per heavy atom. The number of aryl methyl sites for hydroxylation is 1. The van der Waals surface area contributed by atoms with Crippen molar-refractivity contribution in [3.8, 4) is 0 Å². The highest BCUT2D eigenvalue weighted by atomic mass is 19.1. The fraction of sp³-hybridized carbons (Fsp3) is 0.333. The minimum Gasteiger partial charge on any atom is -0.336 e. The van der Waals surface area contributed by atoms with Gasteiger partial charge in [0.2, 0.25) is 0 Å². The number of rotatable bonds is 2. The molecule has 0 spiro atoms. The maximum absolute atomic E-state index is 14.6. The van der Waals surface area contributed by atoms with Crippen LogP contribution in [0.2, 0.25) is 0 Å². The van der Waals surface area contributed by atoms with E-state index in [1.807, 2.05) is 31.2 Å². The van der Waals surface area contributed by atoms with E-state index in [1.165, 1.54) is 5.56 Å². The van der Waals surface area contributed by atoms with Gasteiger partial charge in [0, 0.05) is 17.8 Å². The van der Waals surface area contributed by atoms with E-state index in [0.29, 0.717) is 5.69 Å². The van der Waals surface area contributed by atoms with Gasteiger partial charge in [-0.15, -0.1) is 0 Å². The van der Waals surface area contributed by atoms with E-state index >= 15 is 0 Å². The molecule has 0 fully saturated rings. The summed E-state index contributed by atoms with van der Waals surface area (Å²) in [6, 6.07) is 13.7. The van der Waals surface area contributed by atoms with Crippen molar-refractivity contribution in [1.29, 1.82) is 0 Å².